The first-order valence-electron chi connectivity index (χ1n) is 18.0. The van der Waals surface area contributed by atoms with Gasteiger partial charge < -0.3 is 0 Å². The summed E-state index contributed by atoms with van der Waals surface area (Å²) in [6.45, 7) is 0.845. The molecule has 11 rings (SSSR count). The predicted octanol–water partition coefficient (Wildman–Crippen LogP) is 5.01. The normalized spacial score (nSPS) is 19.7. The molecule has 3 aliphatic heterocycles. The summed E-state index contributed by atoms with van der Waals surface area (Å²) in [6.07, 6.45) is 12.9. The molecule has 0 saturated heterocycles. The van der Waals surface area contributed by atoms with Gasteiger partial charge in [-0.15, -0.1) is 0 Å². The molecule has 250 valence electrons. The zero-order valence-electron chi connectivity index (χ0n) is 28.6. The molecule has 5 heteroatoms. The molecule has 52 heavy (non-hydrogen) atoms. The van der Waals surface area contributed by atoms with E-state index >= 15 is 0 Å². The van der Waals surface area contributed by atoms with E-state index in [2.05, 4.69) is 177 Å². The van der Waals surface area contributed by atoms with Gasteiger partial charge in [-0.1, -0.05) is 0 Å². The van der Waals surface area contributed by atoms with Crippen molar-refractivity contribution in [3.8, 4) is 16.8 Å². The molecule has 4 heterocycles. The van der Waals surface area contributed by atoms with Crippen LogP contribution in [-0.2, 0) is 0 Å². The Bertz CT molecular complexity index is 2710. The van der Waals surface area contributed by atoms with Gasteiger partial charge in [-0.2, -0.15) is 0 Å². The molecule has 4 nitrogen and oxygen atoms in total. The number of anilines is 1. The number of rotatable bonds is 4. The van der Waals surface area contributed by atoms with Crippen LogP contribution < -0.4 is 40.3 Å². The molecule has 1 aromatic heterocycles. The molecule has 2 unspecified atom stereocenters. The third-order valence-electron chi connectivity index (χ3n) is 11.1. The van der Waals surface area contributed by atoms with Gasteiger partial charge in [-0.3, -0.25) is 0 Å². The fourth-order valence-electron chi connectivity index (χ4n) is 8.70. The fraction of sp³-hybridized carbons (Fsp3) is 0.106. The number of allylic oxidation sites excluding steroid dienone is 5. The summed E-state index contributed by atoms with van der Waals surface area (Å²) < 4.78 is 7.68. The van der Waals surface area contributed by atoms with Gasteiger partial charge in [0.25, 0.3) is 0 Å². The summed E-state index contributed by atoms with van der Waals surface area (Å²) in [5.41, 5.74) is 15.2. The van der Waals surface area contributed by atoms with Crippen LogP contribution in [0.1, 0.15) is 23.2 Å². The van der Waals surface area contributed by atoms with E-state index in [1.807, 2.05) is 6.07 Å². The van der Waals surface area contributed by atoms with Crippen molar-refractivity contribution in [2.24, 2.45) is 11.8 Å². The molecule has 2 atom stereocenters. The van der Waals surface area contributed by atoms with E-state index in [1.165, 1.54) is 88.1 Å². The third-order valence-corrected chi connectivity index (χ3v) is 13.4. The Kier molecular flexibility index (Phi) is 6.72. The number of nitrogens with one attached hydrogen (secondary N) is 1. The molecule has 5 aromatic carbocycles. The van der Waals surface area contributed by atoms with E-state index in [4.69, 9.17) is 0 Å². The Morgan fingerprint density at radius 3 is 2.50 bits per heavy atom. The quantitative estimate of drug-likeness (QED) is 0.201. The number of para-hydroxylation sites is 2. The SMILES string of the molecule is CN1CC=c2ccc#cc2=C1c1cc(-c2ccccc2)cc(N2C3=C([I-]NC=C3)c3c(c4ccccc4n3-c3ccccc3)C3=C2C2CC2C=C3)c1. The van der Waals surface area contributed by atoms with Gasteiger partial charge in [0.2, 0.25) is 0 Å². The Morgan fingerprint density at radius 1 is 0.808 bits per heavy atom. The molecular formula is C47H34IN4-. The Labute approximate surface area is 314 Å². The zero-order valence-corrected chi connectivity index (χ0v) is 30.8. The van der Waals surface area contributed by atoms with Crippen LogP contribution in [0.4, 0.5) is 5.69 Å². The third kappa shape index (κ3) is 4.53. The van der Waals surface area contributed by atoms with Crippen molar-refractivity contribution < 1.29 is 21.5 Å². The summed E-state index contributed by atoms with van der Waals surface area (Å²) >= 11 is -0.562. The number of nitrogens with zero attached hydrogens (tertiary/aromatic N) is 3. The van der Waals surface area contributed by atoms with Crippen molar-refractivity contribution in [1.29, 1.82) is 0 Å². The number of hydrogen-bond donors (Lipinski definition) is 1. The van der Waals surface area contributed by atoms with Gasteiger partial charge in [0.1, 0.15) is 0 Å². The maximum absolute atomic E-state index is 3.74. The summed E-state index contributed by atoms with van der Waals surface area (Å²) in [4.78, 5) is 5.02. The molecule has 0 bridgehead atoms. The molecule has 2 aliphatic carbocycles. The van der Waals surface area contributed by atoms with E-state index in [0.29, 0.717) is 11.8 Å². The van der Waals surface area contributed by atoms with E-state index in [-0.39, 0.29) is 0 Å². The zero-order chi connectivity index (χ0) is 34.3. The van der Waals surface area contributed by atoms with E-state index < -0.39 is 21.5 Å². The maximum atomic E-state index is 3.74. The molecule has 5 aliphatic rings. The number of halogens is 1. The Morgan fingerprint density at radius 2 is 1.62 bits per heavy atom. The van der Waals surface area contributed by atoms with Crippen LogP contribution in [0, 0.1) is 24.0 Å². The minimum absolute atomic E-state index is 0.465. The molecule has 1 N–H and O–H groups in total. The van der Waals surface area contributed by atoms with Gasteiger partial charge in [0, 0.05) is 0 Å². The molecule has 6 aromatic rings. The predicted molar refractivity (Wildman–Crippen MR) is 207 cm³/mol. The van der Waals surface area contributed by atoms with Crippen LogP contribution in [-0.4, -0.2) is 23.1 Å². The molecule has 1 saturated carbocycles. The minimum atomic E-state index is -0.562. The van der Waals surface area contributed by atoms with Gasteiger partial charge in [0.15, 0.2) is 0 Å². The van der Waals surface area contributed by atoms with Crippen LogP contribution in [0.15, 0.2) is 151 Å². The van der Waals surface area contributed by atoms with E-state index in [9.17, 15) is 0 Å². The average Bonchev–Trinajstić information content (AvgIpc) is 3.94. The second-order valence-corrected chi connectivity index (χ2v) is 16.4. The number of benzene rings is 4. The van der Waals surface area contributed by atoms with E-state index in [0.717, 1.165) is 11.8 Å². The van der Waals surface area contributed by atoms with E-state index in [1.54, 1.807) is 0 Å². The van der Waals surface area contributed by atoms with Crippen LogP contribution in [0.2, 0.25) is 0 Å². The molecule has 0 radical (unpaired) electrons. The second kappa shape index (κ2) is 11.7. The van der Waals surface area contributed by atoms with Crippen LogP contribution in [0.5, 0.6) is 0 Å². The van der Waals surface area contributed by atoms with Crippen molar-refractivity contribution in [3.63, 3.8) is 0 Å². The van der Waals surface area contributed by atoms with Crippen LogP contribution >= 0.6 is 0 Å². The van der Waals surface area contributed by atoms with Crippen LogP contribution in [0.25, 0.3) is 48.6 Å². The van der Waals surface area contributed by atoms with Crippen molar-refractivity contribution in [2.75, 3.05) is 18.5 Å². The Balaban J connectivity index is 1.25. The topological polar surface area (TPSA) is 23.4 Å². The standard InChI is InChI=1S/C47H34IN4/c1-50-25-23-31-14-8-9-17-37(31)45(50)34-26-33(30-12-4-2-5-13-30)27-36(28-34)52-42-22-24-49-48-44(42)47-43(39-21-20-32-29-40(32)46(39)52)38-18-10-11-19-41(38)51(47)35-15-6-3-7-16-35/h2-8,10-16,18-24,26-28,32,40,49H,25,29H2,1H3/q-1. The first-order chi connectivity index (χ1) is 25.7. The Hall–Kier alpha value is -5.71. The summed E-state index contributed by atoms with van der Waals surface area (Å²) in [5, 5.41) is 3.63. The van der Waals surface area contributed by atoms with Gasteiger partial charge in [-0.05, 0) is 0 Å². The molecule has 1 fully saturated rings. The van der Waals surface area contributed by atoms with Crippen molar-refractivity contribution >= 4 is 37.5 Å². The first-order valence-corrected chi connectivity index (χ1v) is 20.2. The van der Waals surface area contributed by atoms with Crippen molar-refractivity contribution in [1.82, 2.24) is 13.0 Å². The van der Waals surface area contributed by atoms with Gasteiger partial charge in [0.05, 0.1) is 0 Å². The average molecular weight is 782 g/mol. The number of aromatic nitrogens is 1. The van der Waals surface area contributed by atoms with Gasteiger partial charge in [-0.25, -0.2) is 0 Å². The molecule has 0 spiro atoms. The summed E-state index contributed by atoms with van der Waals surface area (Å²) in [7, 11) is 2.20. The summed E-state index contributed by atoms with van der Waals surface area (Å²) in [5.74, 6) is 1.03. The number of hydrogen-bond acceptors (Lipinski definition) is 3. The second-order valence-electron chi connectivity index (χ2n) is 14.1. The van der Waals surface area contributed by atoms with Crippen molar-refractivity contribution in [2.45, 2.75) is 6.42 Å². The summed E-state index contributed by atoms with van der Waals surface area (Å²) in [6, 6.07) is 48.9. The molecule has 0 amide bonds. The van der Waals surface area contributed by atoms with Gasteiger partial charge >= 0.3 is 316 Å². The monoisotopic (exact) mass is 781 g/mol. The fourth-order valence-corrected chi connectivity index (χ4v) is 10.8. The van der Waals surface area contributed by atoms with Crippen molar-refractivity contribution in [3.05, 3.63) is 190 Å². The first kappa shape index (κ1) is 30.0. The molecular weight excluding hydrogens is 747 g/mol. The van der Waals surface area contributed by atoms with Crippen LogP contribution in [0.3, 0.4) is 0 Å². The number of fused-ring (bicyclic) bond motifs is 8.